The molecule has 1 heterocycles. The summed E-state index contributed by atoms with van der Waals surface area (Å²) in [5, 5.41) is 5.58. The standard InChI is InChI=1S/C25H35F2N3O2/c1-8-9-10-13-32-22-12-11-19(15-20(22)25(6,26)27)28-17(2)29-23(31)21-14-18(16-30(21)7)24(3,4)5/h11-12,14-16,28H,2,8-10,13H2,1,3-7H3,(H,29,31). The van der Waals surface area contributed by atoms with Gasteiger partial charge in [-0.2, -0.15) is 0 Å². The van der Waals surface area contributed by atoms with Gasteiger partial charge in [-0.3, -0.25) is 4.79 Å². The van der Waals surface area contributed by atoms with Gasteiger partial charge in [-0.25, -0.2) is 8.78 Å². The Hall–Kier alpha value is -2.83. The van der Waals surface area contributed by atoms with Gasteiger partial charge in [0.15, 0.2) is 0 Å². The quantitative estimate of drug-likeness (QED) is 0.419. The van der Waals surface area contributed by atoms with Crippen LogP contribution in [0, 0.1) is 0 Å². The van der Waals surface area contributed by atoms with Gasteiger partial charge < -0.3 is 19.9 Å². The average molecular weight is 448 g/mol. The predicted octanol–water partition coefficient (Wildman–Crippen LogP) is 6.32. The number of rotatable bonds is 10. The van der Waals surface area contributed by atoms with Crippen molar-refractivity contribution in [2.24, 2.45) is 7.05 Å². The van der Waals surface area contributed by atoms with Gasteiger partial charge in [0.1, 0.15) is 17.3 Å². The van der Waals surface area contributed by atoms with E-state index in [4.69, 9.17) is 4.74 Å². The van der Waals surface area contributed by atoms with Crippen LogP contribution in [0.3, 0.4) is 0 Å². The van der Waals surface area contributed by atoms with Crippen molar-refractivity contribution < 1.29 is 18.3 Å². The minimum atomic E-state index is -3.07. The topological polar surface area (TPSA) is 55.3 Å². The first-order chi connectivity index (χ1) is 14.8. The molecule has 0 spiro atoms. The van der Waals surface area contributed by atoms with Crippen molar-refractivity contribution in [1.82, 2.24) is 9.88 Å². The maximum Gasteiger partial charge on any atom is 0.274 e. The zero-order valence-corrected chi connectivity index (χ0v) is 19.9. The molecule has 176 valence electrons. The third-order valence-electron chi connectivity index (χ3n) is 5.12. The Bertz CT molecular complexity index is 953. The maximum atomic E-state index is 14.2. The highest BCUT2D eigenvalue weighted by Gasteiger charge is 2.29. The summed E-state index contributed by atoms with van der Waals surface area (Å²) >= 11 is 0. The number of ether oxygens (including phenoxy) is 1. The fourth-order valence-electron chi connectivity index (χ4n) is 3.22. The van der Waals surface area contributed by atoms with Gasteiger partial charge in [0.05, 0.1) is 12.2 Å². The first-order valence-electron chi connectivity index (χ1n) is 10.9. The number of carbonyl (C=O) groups is 1. The molecule has 1 aromatic carbocycles. The molecule has 0 unspecified atom stereocenters. The van der Waals surface area contributed by atoms with Gasteiger partial charge in [-0.15, -0.1) is 0 Å². The number of nitrogens with one attached hydrogen (secondary N) is 2. The summed E-state index contributed by atoms with van der Waals surface area (Å²) in [6.45, 7) is 13.3. The van der Waals surface area contributed by atoms with Gasteiger partial charge in [0.25, 0.3) is 11.8 Å². The minimum Gasteiger partial charge on any atom is -0.493 e. The second-order valence-electron chi connectivity index (χ2n) is 9.19. The highest BCUT2D eigenvalue weighted by Crippen LogP contribution is 2.36. The Morgan fingerprint density at radius 2 is 1.84 bits per heavy atom. The number of alkyl halides is 2. The van der Waals surface area contributed by atoms with E-state index in [9.17, 15) is 13.6 Å². The van der Waals surface area contributed by atoms with E-state index in [2.05, 4.69) is 44.9 Å². The van der Waals surface area contributed by atoms with Crippen LogP contribution in [0.15, 0.2) is 42.9 Å². The molecule has 0 fully saturated rings. The van der Waals surface area contributed by atoms with Crippen LogP contribution in [-0.4, -0.2) is 17.1 Å². The number of aryl methyl sites for hydroxylation is 1. The van der Waals surface area contributed by atoms with E-state index in [1.165, 1.54) is 12.1 Å². The van der Waals surface area contributed by atoms with Crippen LogP contribution in [0.4, 0.5) is 14.5 Å². The van der Waals surface area contributed by atoms with E-state index in [1.807, 2.05) is 12.3 Å². The molecule has 2 rings (SSSR count). The van der Waals surface area contributed by atoms with Crippen LogP contribution < -0.4 is 15.4 Å². The molecule has 1 amide bonds. The van der Waals surface area contributed by atoms with Crippen LogP contribution in [0.25, 0.3) is 0 Å². The molecule has 0 atom stereocenters. The first kappa shape index (κ1) is 25.4. The van der Waals surface area contributed by atoms with Crippen molar-refractivity contribution in [3.05, 3.63) is 59.7 Å². The summed E-state index contributed by atoms with van der Waals surface area (Å²) in [6.07, 6.45) is 4.73. The molecule has 2 N–H and O–H groups in total. The summed E-state index contributed by atoms with van der Waals surface area (Å²) < 4.78 is 35.7. The largest absolute Gasteiger partial charge is 0.493 e. The van der Waals surface area contributed by atoms with Crippen LogP contribution in [0.1, 0.15) is 75.5 Å². The Labute approximate surface area is 189 Å². The van der Waals surface area contributed by atoms with Crippen molar-refractivity contribution in [3.63, 3.8) is 0 Å². The molecule has 32 heavy (non-hydrogen) atoms. The Balaban J connectivity index is 2.11. The minimum absolute atomic E-state index is 0.0896. The lowest BCUT2D eigenvalue weighted by Gasteiger charge is -2.19. The Morgan fingerprint density at radius 3 is 2.41 bits per heavy atom. The zero-order chi connectivity index (χ0) is 24.1. The van der Waals surface area contributed by atoms with E-state index in [-0.39, 0.29) is 28.5 Å². The third-order valence-corrected chi connectivity index (χ3v) is 5.12. The van der Waals surface area contributed by atoms with E-state index in [0.717, 1.165) is 31.7 Å². The Morgan fingerprint density at radius 1 is 1.16 bits per heavy atom. The number of anilines is 1. The van der Waals surface area contributed by atoms with E-state index in [1.54, 1.807) is 17.7 Å². The number of unbranched alkanes of at least 4 members (excludes halogenated alkanes) is 2. The number of nitrogens with zero attached hydrogens (tertiary/aromatic N) is 1. The lowest BCUT2D eigenvalue weighted by atomic mass is 9.89. The lowest BCUT2D eigenvalue weighted by Crippen LogP contribution is -2.27. The maximum absolute atomic E-state index is 14.2. The fraction of sp³-hybridized carbons (Fsp3) is 0.480. The number of halogens is 2. The molecule has 0 saturated heterocycles. The molecule has 7 heteroatoms. The number of hydrogen-bond donors (Lipinski definition) is 2. The number of hydrogen-bond acceptors (Lipinski definition) is 3. The number of carbonyl (C=O) groups excluding carboxylic acids is 1. The van der Waals surface area contributed by atoms with Crippen molar-refractivity contribution in [1.29, 1.82) is 0 Å². The molecule has 0 saturated carbocycles. The monoisotopic (exact) mass is 447 g/mol. The van der Waals surface area contributed by atoms with Crippen LogP contribution >= 0.6 is 0 Å². The summed E-state index contributed by atoms with van der Waals surface area (Å²) in [4.78, 5) is 12.7. The van der Waals surface area contributed by atoms with Gasteiger partial charge in [0.2, 0.25) is 0 Å². The first-order valence-corrected chi connectivity index (χ1v) is 10.9. The van der Waals surface area contributed by atoms with E-state index >= 15 is 0 Å². The summed E-state index contributed by atoms with van der Waals surface area (Å²) in [5.74, 6) is -3.06. The van der Waals surface area contributed by atoms with E-state index < -0.39 is 5.92 Å². The second-order valence-corrected chi connectivity index (χ2v) is 9.19. The molecule has 0 aliphatic carbocycles. The van der Waals surface area contributed by atoms with Crippen molar-refractivity contribution in [2.45, 2.75) is 65.2 Å². The molecule has 1 aromatic heterocycles. The van der Waals surface area contributed by atoms with Gasteiger partial charge in [-0.05, 0) is 41.7 Å². The number of amides is 1. The van der Waals surface area contributed by atoms with E-state index in [0.29, 0.717) is 18.0 Å². The van der Waals surface area contributed by atoms with Crippen LogP contribution in [0.2, 0.25) is 0 Å². The highest BCUT2D eigenvalue weighted by molar-refractivity contribution is 5.94. The van der Waals surface area contributed by atoms with Crippen molar-refractivity contribution in [3.8, 4) is 5.75 Å². The van der Waals surface area contributed by atoms with Crippen LogP contribution in [-0.2, 0) is 18.4 Å². The zero-order valence-electron chi connectivity index (χ0n) is 19.9. The summed E-state index contributed by atoms with van der Waals surface area (Å²) in [5.41, 5.74) is 1.60. The van der Waals surface area contributed by atoms with Crippen LogP contribution in [0.5, 0.6) is 5.75 Å². The lowest BCUT2D eigenvalue weighted by molar-refractivity contribution is 0.0145. The molecule has 0 radical (unpaired) electrons. The molecule has 2 aromatic rings. The number of benzene rings is 1. The SMILES string of the molecule is C=C(NC(=O)c1cc(C(C)(C)C)cn1C)Nc1ccc(OCCCCC)c(C(C)(F)F)c1. The second kappa shape index (κ2) is 10.2. The smallest absolute Gasteiger partial charge is 0.274 e. The van der Waals surface area contributed by atoms with Gasteiger partial charge in [0, 0.05) is 25.9 Å². The van der Waals surface area contributed by atoms with Gasteiger partial charge >= 0.3 is 0 Å². The molecule has 5 nitrogen and oxygen atoms in total. The predicted molar refractivity (Wildman–Crippen MR) is 125 cm³/mol. The average Bonchev–Trinajstić information content (AvgIpc) is 3.07. The highest BCUT2D eigenvalue weighted by atomic mass is 19.3. The summed E-state index contributed by atoms with van der Waals surface area (Å²) in [7, 11) is 1.80. The molecule has 0 bridgehead atoms. The summed E-state index contributed by atoms with van der Waals surface area (Å²) in [6, 6.07) is 6.31. The fourth-order valence-corrected chi connectivity index (χ4v) is 3.22. The number of aromatic nitrogens is 1. The molecule has 0 aliphatic rings. The molecular weight excluding hydrogens is 412 g/mol. The van der Waals surface area contributed by atoms with Gasteiger partial charge in [-0.1, -0.05) is 47.1 Å². The third kappa shape index (κ3) is 6.84. The molecule has 0 aliphatic heterocycles. The molecular formula is C25H35F2N3O2. The Kier molecular flexibility index (Phi) is 8.10. The van der Waals surface area contributed by atoms with Crippen molar-refractivity contribution in [2.75, 3.05) is 11.9 Å². The van der Waals surface area contributed by atoms with Crippen molar-refractivity contribution >= 4 is 11.6 Å². The normalized spacial score (nSPS) is 11.9.